The van der Waals surface area contributed by atoms with Gasteiger partial charge in [-0.2, -0.15) is 13.2 Å². The third-order valence-corrected chi connectivity index (χ3v) is 2.85. The molecule has 122 valence electrons. The summed E-state index contributed by atoms with van der Waals surface area (Å²) in [6, 6.07) is 5.54. The molecule has 9 heteroatoms. The first-order chi connectivity index (χ1) is 10.7. The summed E-state index contributed by atoms with van der Waals surface area (Å²) in [6.07, 6.45) is -4.84. The largest absolute Gasteiger partial charge is 0.462 e. The molecule has 0 aliphatic rings. The van der Waals surface area contributed by atoms with Gasteiger partial charge in [0, 0.05) is 6.07 Å². The van der Waals surface area contributed by atoms with Gasteiger partial charge in [-0.05, 0) is 25.1 Å². The summed E-state index contributed by atoms with van der Waals surface area (Å²) in [4.78, 5) is 36.9. The minimum Gasteiger partial charge on any atom is -0.462 e. The van der Waals surface area contributed by atoms with E-state index in [0.29, 0.717) is 4.57 Å². The van der Waals surface area contributed by atoms with Gasteiger partial charge in [0.05, 0.1) is 17.9 Å². The maximum absolute atomic E-state index is 12.6. The Kier molecular flexibility index (Phi) is 4.39. The Labute approximate surface area is 127 Å². The van der Waals surface area contributed by atoms with E-state index in [-0.39, 0.29) is 23.9 Å². The van der Waals surface area contributed by atoms with Crippen molar-refractivity contribution < 1.29 is 22.7 Å². The van der Waals surface area contributed by atoms with E-state index in [9.17, 15) is 27.6 Å². The maximum Gasteiger partial charge on any atom is 0.431 e. The van der Waals surface area contributed by atoms with Crippen molar-refractivity contribution in [1.29, 1.82) is 0 Å². The quantitative estimate of drug-likeness (QED) is 0.870. The highest BCUT2D eigenvalue weighted by Gasteiger charge is 2.33. The van der Waals surface area contributed by atoms with Crippen molar-refractivity contribution >= 4 is 5.97 Å². The van der Waals surface area contributed by atoms with E-state index in [1.54, 1.807) is 11.9 Å². The molecule has 6 nitrogen and oxygen atoms in total. The summed E-state index contributed by atoms with van der Waals surface area (Å²) >= 11 is 0. The van der Waals surface area contributed by atoms with Crippen LogP contribution in [-0.2, 0) is 10.9 Å². The molecule has 0 atom stereocenters. The van der Waals surface area contributed by atoms with Gasteiger partial charge in [-0.25, -0.2) is 14.2 Å². The number of nitrogens with zero attached hydrogens (tertiary/aromatic N) is 1. The highest BCUT2D eigenvalue weighted by atomic mass is 19.4. The van der Waals surface area contributed by atoms with Gasteiger partial charge in [-0.3, -0.25) is 4.79 Å². The average Bonchev–Trinajstić information content (AvgIpc) is 2.46. The summed E-state index contributed by atoms with van der Waals surface area (Å²) in [6.45, 7) is 1.73. The van der Waals surface area contributed by atoms with Crippen molar-refractivity contribution in [1.82, 2.24) is 9.55 Å². The number of H-pyrrole nitrogens is 1. The Balaban J connectivity index is 2.56. The second-order valence-corrected chi connectivity index (χ2v) is 4.43. The molecule has 0 unspecified atom stereocenters. The van der Waals surface area contributed by atoms with Crippen molar-refractivity contribution in [2.45, 2.75) is 13.1 Å². The van der Waals surface area contributed by atoms with E-state index in [1.165, 1.54) is 24.3 Å². The average molecular weight is 328 g/mol. The number of benzene rings is 1. The van der Waals surface area contributed by atoms with E-state index in [1.807, 2.05) is 0 Å². The third-order valence-electron chi connectivity index (χ3n) is 2.85. The van der Waals surface area contributed by atoms with Gasteiger partial charge in [-0.15, -0.1) is 0 Å². The topological polar surface area (TPSA) is 81.2 Å². The van der Waals surface area contributed by atoms with Crippen LogP contribution in [0.2, 0.25) is 0 Å². The number of hydrogen-bond donors (Lipinski definition) is 1. The van der Waals surface area contributed by atoms with Gasteiger partial charge in [0.25, 0.3) is 5.56 Å². The van der Waals surface area contributed by atoms with Gasteiger partial charge in [0.15, 0.2) is 0 Å². The maximum atomic E-state index is 12.6. The van der Waals surface area contributed by atoms with Crippen molar-refractivity contribution in [3.63, 3.8) is 0 Å². The van der Waals surface area contributed by atoms with Gasteiger partial charge >= 0.3 is 17.8 Å². The first-order valence-corrected chi connectivity index (χ1v) is 6.45. The molecule has 0 fully saturated rings. The molecule has 0 radical (unpaired) electrons. The first-order valence-electron chi connectivity index (χ1n) is 6.45. The molecule has 23 heavy (non-hydrogen) atoms. The van der Waals surface area contributed by atoms with Crippen LogP contribution in [0.15, 0.2) is 39.9 Å². The Morgan fingerprint density at radius 2 is 1.96 bits per heavy atom. The van der Waals surface area contributed by atoms with Crippen molar-refractivity contribution in [3.8, 4) is 5.69 Å². The number of nitrogens with one attached hydrogen (secondary N) is 1. The number of halogens is 3. The van der Waals surface area contributed by atoms with Crippen LogP contribution in [0, 0.1) is 0 Å². The smallest absolute Gasteiger partial charge is 0.431 e. The predicted octanol–water partition coefficient (Wildman–Crippen LogP) is 1.72. The van der Waals surface area contributed by atoms with E-state index >= 15 is 0 Å². The van der Waals surface area contributed by atoms with Crippen LogP contribution in [-0.4, -0.2) is 22.1 Å². The molecule has 2 rings (SSSR count). The lowest BCUT2D eigenvalue weighted by molar-refractivity contribution is -0.141. The monoisotopic (exact) mass is 328 g/mol. The molecular weight excluding hydrogens is 317 g/mol. The molecule has 0 saturated heterocycles. The van der Waals surface area contributed by atoms with E-state index in [2.05, 4.69) is 0 Å². The Hall–Kier alpha value is -2.84. The highest BCUT2D eigenvalue weighted by Crippen LogP contribution is 2.25. The third kappa shape index (κ3) is 3.50. The van der Waals surface area contributed by atoms with Crippen LogP contribution in [0.4, 0.5) is 13.2 Å². The number of hydrogen-bond acceptors (Lipinski definition) is 4. The molecule has 0 saturated carbocycles. The lowest BCUT2D eigenvalue weighted by atomic mass is 10.2. The summed E-state index contributed by atoms with van der Waals surface area (Å²) in [7, 11) is 0. The van der Waals surface area contributed by atoms with Crippen LogP contribution >= 0.6 is 0 Å². The molecule has 1 aromatic carbocycles. The van der Waals surface area contributed by atoms with E-state index in [4.69, 9.17) is 4.74 Å². The van der Waals surface area contributed by atoms with Gasteiger partial charge in [0.1, 0.15) is 5.69 Å². The molecule has 1 heterocycles. The van der Waals surface area contributed by atoms with Gasteiger partial charge in [0.2, 0.25) is 0 Å². The molecule has 1 N–H and O–H groups in total. The van der Waals surface area contributed by atoms with Crippen LogP contribution in [0.5, 0.6) is 0 Å². The fourth-order valence-electron chi connectivity index (χ4n) is 1.88. The van der Waals surface area contributed by atoms with E-state index < -0.39 is 29.1 Å². The Morgan fingerprint density at radius 3 is 2.52 bits per heavy atom. The molecule has 0 aliphatic carbocycles. The molecule has 0 amide bonds. The Morgan fingerprint density at radius 1 is 1.26 bits per heavy atom. The number of rotatable bonds is 3. The van der Waals surface area contributed by atoms with Crippen molar-refractivity contribution in [2.75, 3.05) is 6.61 Å². The van der Waals surface area contributed by atoms with E-state index in [0.717, 1.165) is 0 Å². The van der Waals surface area contributed by atoms with Crippen LogP contribution in [0.25, 0.3) is 5.69 Å². The number of aromatic nitrogens is 2. The second kappa shape index (κ2) is 6.11. The summed E-state index contributed by atoms with van der Waals surface area (Å²) in [5.74, 6) is -0.675. The summed E-state index contributed by atoms with van der Waals surface area (Å²) in [5, 5.41) is 0. The van der Waals surface area contributed by atoms with Crippen molar-refractivity contribution in [3.05, 3.63) is 62.4 Å². The molecule has 1 aromatic heterocycles. The fourth-order valence-corrected chi connectivity index (χ4v) is 1.88. The zero-order chi connectivity index (χ0) is 17.2. The van der Waals surface area contributed by atoms with Gasteiger partial charge < -0.3 is 9.72 Å². The molecule has 0 bridgehead atoms. The second-order valence-electron chi connectivity index (χ2n) is 4.43. The minimum atomic E-state index is -4.84. The Bertz CT molecular complexity index is 821. The highest BCUT2D eigenvalue weighted by molar-refractivity contribution is 5.90. The molecule has 0 aliphatic heterocycles. The fraction of sp³-hybridized carbons (Fsp3) is 0.214. The normalized spacial score (nSPS) is 11.3. The zero-order valence-electron chi connectivity index (χ0n) is 11.8. The lowest BCUT2D eigenvalue weighted by Gasteiger charge is -2.09. The predicted molar refractivity (Wildman–Crippen MR) is 73.6 cm³/mol. The number of ether oxygens (including phenoxy) is 1. The van der Waals surface area contributed by atoms with Crippen LogP contribution in [0.1, 0.15) is 23.0 Å². The molecule has 2 aromatic rings. The van der Waals surface area contributed by atoms with Crippen LogP contribution in [0.3, 0.4) is 0 Å². The molecule has 0 spiro atoms. The van der Waals surface area contributed by atoms with Crippen molar-refractivity contribution in [2.24, 2.45) is 0 Å². The number of carbonyl (C=O) groups is 1. The standard InChI is InChI=1S/C14H11F3N2O4/c1-2-23-12(21)8-4-3-5-9(6-8)19-11(20)7-10(14(15,16)17)18-13(19)22/h3-7H,2H2,1H3,(H,18,22). The number of esters is 1. The number of carbonyl (C=O) groups excluding carboxylic acids is 1. The first kappa shape index (κ1) is 16.5. The molecular formula is C14H11F3N2O4. The van der Waals surface area contributed by atoms with Gasteiger partial charge in [-0.1, -0.05) is 6.07 Å². The SMILES string of the molecule is CCOC(=O)c1cccc(-n2c(=O)cc(C(F)(F)F)[nH]c2=O)c1. The lowest BCUT2D eigenvalue weighted by Crippen LogP contribution is -2.35. The zero-order valence-corrected chi connectivity index (χ0v) is 11.8. The minimum absolute atomic E-state index is 0.0458. The summed E-state index contributed by atoms with van der Waals surface area (Å²) in [5.41, 5.74) is -3.84. The number of aromatic amines is 1. The number of alkyl halides is 3. The summed E-state index contributed by atoms with van der Waals surface area (Å²) < 4.78 is 43.0. The van der Waals surface area contributed by atoms with Crippen LogP contribution < -0.4 is 11.2 Å².